The molecule has 0 aliphatic carbocycles. The van der Waals surface area contributed by atoms with Gasteiger partial charge in [0.1, 0.15) is 17.5 Å². The molecule has 2 aromatic carbocycles. The Hall–Kier alpha value is -3.36. The lowest BCUT2D eigenvalue weighted by atomic mass is 9.93. The van der Waals surface area contributed by atoms with E-state index in [9.17, 15) is 9.59 Å². The molecule has 0 amide bonds. The number of fused-ring (bicyclic) bond motifs is 1. The number of methoxy groups -OCH3 is 1. The molecule has 0 saturated carbocycles. The molecule has 3 aromatic rings. The number of carbonyl (C=O) groups is 1. The van der Waals surface area contributed by atoms with E-state index in [2.05, 4.69) is 6.92 Å². The van der Waals surface area contributed by atoms with Crippen molar-refractivity contribution in [2.45, 2.75) is 46.1 Å². The number of allylic oxidation sites excluding steroid dienone is 1. The summed E-state index contributed by atoms with van der Waals surface area (Å²) < 4.78 is 18.8. The monoisotopic (exact) mass is 554 g/mol. The molecule has 0 radical (unpaired) electrons. The molecule has 1 aliphatic rings. The number of rotatable bonds is 10. The molecule has 0 unspecified atom stereocenters. The molecule has 0 saturated heterocycles. The van der Waals surface area contributed by atoms with Crippen LogP contribution in [-0.4, -0.2) is 30.9 Å². The van der Waals surface area contributed by atoms with Crippen LogP contribution >= 0.6 is 22.9 Å². The van der Waals surface area contributed by atoms with Crippen molar-refractivity contribution in [1.82, 2.24) is 4.57 Å². The van der Waals surface area contributed by atoms with Crippen LogP contribution in [0.5, 0.6) is 11.5 Å². The van der Waals surface area contributed by atoms with Crippen LogP contribution in [0.2, 0.25) is 5.02 Å². The van der Waals surface area contributed by atoms with Gasteiger partial charge in [0.15, 0.2) is 4.80 Å². The maximum absolute atomic E-state index is 13.9. The molecule has 0 fully saturated rings. The van der Waals surface area contributed by atoms with E-state index in [4.69, 9.17) is 30.8 Å². The number of carbonyl (C=O) groups excluding carboxylic acids is 1. The summed E-state index contributed by atoms with van der Waals surface area (Å²) in [5, 5.41) is 0.463. The van der Waals surface area contributed by atoms with Gasteiger partial charge in [0.05, 0.1) is 36.1 Å². The van der Waals surface area contributed by atoms with Crippen LogP contribution in [0, 0.1) is 0 Å². The highest BCUT2D eigenvalue weighted by atomic mass is 35.5. The van der Waals surface area contributed by atoms with Crippen LogP contribution in [0.25, 0.3) is 6.08 Å². The summed E-state index contributed by atoms with van der Waals surface area (Å²) in [4.78, 5) is 32.5. The Kier molecular flexibility index (Phi) is 9.07. The molecular formula is C29H31ClN2O5S. The van der Waals surface area contributed by atoms with Crippen LogP contribution in [0.3, 0.4) is 0 Å². The Bertz CT molecular complexity index is 1520. The second-order valence-corrected chi connectivity index (χ2v) is 10.2. The Balaban J connectivity index is 1.94. The first-order valence-corrected chi connectivity index (χ1v) is 13.9. The highest BCUT2D eigenvalue weighted by Gasteiger charge is 2.36. The maximum Gasteiger partial charge on any atom is 0.338 e. The van der Waals surface area contributed by atoms with E-state index in [0.29, 0.717) is 50.0 Å². The van der Waals surface area contributed by atoms with Gasteiger partial charge in [-0.3, -0.25) is 9.36 Å². The minimum absolute atomic E-state index is 0.198. The summed E-state index contributed by atoms with van der Waals surface area (Å²) in [6, 6.07) is 12.0. The number of hydrogen-bond acceptors (Lipinski definition) is 7. The topological polar surface area (TPSA) is 79.1 Å². The minimum Gasteiger partial charge on any atom is -0.496 e. The lowest BCUT2D eigenvalue weighted by molar-refractivity contribution is -0.139. The van der Waals surface area contributed by atoms with Crippen LogP contribution in [-0.2, 0) is 9.53 Å². The van der Waals surface area contributed by atoms with Crippen molar-refractivity contribution in [3.63, 3.8) is 0 Å². The van der Waals surface area contributed by atoms with Gasteiger partial charge in [0, 0.05) is 10.6 Å². The quantitative estimate of drug-likeness (QED) is 0.328. The van der Waals surface area contributed by atoms with Gasteiger partial charge in [-0.05, 0) is 61.7 Å². The molecule has 4 rings (SSSR count). The molecule has 1 aliphatic heterocycles. The predicted molar refractivity (Wildman–Crippen MR) is 150 cm³/mol. The largest absolute Gasteiger partial charge is 0.496 e. The van der Waals surface area contributed by atoms with Gasteiger partial charge in [-0.25, -0.2) is 9.79 Å². The number of esters is 1. The van der Waals surface area contributed by atoms with E-state index in [1.165, 1.54) is 11.3 Å². The van der Waals surface area contributed by atoms with Crippen LogP contribution in [0.15, 0.2) is 63.5 Å². The Morgan fingerprint density at radius 3 is 2.55 bits per heavy atom. The number of hydrogen-bond donors (Lipinski definition) is 0. The lowest BCUT2D eigenvalue weighted by Crippen LogP contribution is -2.40. The predicted octanol–water partition coefficient (Wildman–Crippen LogP) is 5.03. The van der Waals surface area contributed by atoms with E-state index in [0.717, 1.165) is 24.2 Å². The number of benzene rings is 2. The van der Waals surface area contributed by atoms with E-state index in [-0.39, 0.29) is 12.2 Å². The summed E-state index contributed by atoms with van der Waals surface area (Å²) in [6.07, 6.45) is 4.07. The molecule has 0 spiro atoms. The van der Waals surface area contributed by atoms with Gasteiger partial charge in [-0.2, -0.15) is 0 Å². The average Bonchev–Trinajstić information content (AvgIpc) is 3.22. The average molecular weight is 555 g/mol. The second-order valence-electron chi connectivity index (χ2n) is 8.72. The Morgan fingerprint density at radius 1 is 1.13 bits per heavy atom. The van der Waals surface area contributed by atoms with Crippen molar-refractivity contribution in [3.8, 4) is 11.5 Å². The summed E-state index contributed by atoms with van der Waals surface area (Å²) in [5.41, 5.74) is 2.12. The number of thiazole rings is 1. The van der Waals surface area contributed by atoms with Crippen molar-refractivity contribution in [3.05, 3.63) is 89.6 Å². The molecule has 0 N–H and O–H groups in total. The van der Waals surface area contributed by atoms with Gasteiger partial charge < -0.3 is 14.2 Å². The number of aromatic nitrogens is 1. The summed E-state index contributed by atoms with van der Waals surface area (Å²) in [5.74, 6) is 0.779. The van der Waals surface area contributed by atoms with E-state index >= 15 is 0 Å². The molecule has 0 bridgehead atoms. The fraction of sp³-hybridized carbons (Fsp3) is 0.345. The first kappa shape index (κ1) is 27.7. The zero-order valence-electron chi connectivity index (χ0n) is 22.0. The number of halogens is 1. The fourth-order valence-corrected chi connectivity index (χ4v) is 5.57. The van der Waals surface area contributed by atoms with Crippen molar-refractivity contribution in [2.24, 2.45) is 4.99 Å². The SMILES string of the molecule is CCCOc1ccc(/C=c2/sc3n(c2=O)[C@H](c2cc(Cl)ccc2OC)C(C(=O)OCC)=C(CCC)N=3)cc1. The fourth-order valence-electron chi connectivity index (χ4n) is 4.37. The van der Waals surface area contributed by atoms with Crippen molar-refractivity contribution in [2.75, 3.05) is 20.3 Å². The summed E-state index contributed by atoms with van der Waals surface area (Å²) >= 11 is 7.68. The second kappa shape index (κ2) is 12.5. The zero-order valence-corrected chi connectivity index (χ0v) is 23.5. The highest BCUT2D eigenvalue weighted by molar-refractivity contribution is 7.07. The van der Waals surface area contributed by atoms with E-state index in [1.807, 2.05) is 37.3 Å². The zero-order chi connectivity index (χ0) is 27.2. The Morgan fingerprint density at radius 2 is 1.89 bits per heavy atom. The van der Waals surface area contributed by atoms with Crippen LogP contribution in [0.1, 0.15) is 57.2 Å². The molecule has 1 aromatic heterocycles. The smallest absolute Gasteiger partial charge is 0.338 e. The third-order valence-corrected chi connectivity index (χ3v) is 7.25. The normalized spacial score (nSPS) is 15.2. The van der Waals surface area contributed by atoms with Crippen molar-refractivity contribution in [1.29, 1.82) is 0 Å². The number of ether oxygens (including phenoxy) is 3. The maximum atomic E-state index is 13.9. The lowest BCUT2D eigenvalue weighted by Gasteiger charge is -2.27. The molecule has 1 atom stereocenters. The van der Waals surface area contributed by atoms with E-state index in [1.54, 1.807) is 36.8 Å². The molecule has 7 nitrogen and oxygen atoms in total. The van der Waals surface area contributed by atoms with E-state index < -0.39 is 12.0 Å². The van der Waals surface area contributed by atoms with Gasteiger partial charge >= 0.3 is 5.97 Å². The minimum atomic E-state index is -0.799. The Labute approximate surface area is 230 Å². The molecule has 9 heteroatoms. The van der Waals surface area contributed by atoms with Gasteiger partial charge in [0.25, 0.3) is 5.56 Å². The van der Waals surface area contributed by atoms with Crippen LogP contribution < -0.4 is 24.4 Å². The molecule has 38 heavy (non-hydrogen) atoms. The van der Waals surface area contributed by atoms with Gasteiger partial charge in [-0.15, -0.1) is 0 Å². The third-order valence-electron chi connectivity index (χ3n) is 6.03. The van der Waals surface area contributed by atoms with Crippen LogP contribution in [0.4, 0.5) is 0 Å². The van der Waals surface area contributed by atoms with Crippen molar-refractivity contribution >= 4 is 35.0 Å². The molecule has 200 valence electrons. The van der Waals surface area contributed by atoms with Gasteiger partial charge in [0.2, 0.25) is 0 Å². The summed E-state index contributed by atoms with van der Waals surface area (Å²) in [6.45, 7) is 6.67. The standard InChI is InChI=1S/C29H31ClN2O5S/c1-5-8-22-25(28(34)36-7-3)26(21-17-19(30)11-14-23(21)35-4)32-27(33)24(38-29(32)31-22)16-18-9-12-20(13-10-18)37-15-6-2/h9-14,16-17,26H,5-8,15H2,1-4H3/b24-16+/t26-/m1/s1. The highest BCUT2D eigenvalue weighted by Crippen LogP contribution is 2.38. The molecular weight excluding hydrogens is 524 g/mol. The van der Waals surface area contributed by atoms with Gasteiger partial charge in [-0.1, -0.05) is 55.3 Å². The summed E-state index contributed by atoms with van der Waals surface area (Å²) in [7, 11) is 1.55. The third kappa shape index (κ3) is 5.71. The van der Waals surface area contributed by atoms with Crippen molar-refractivity contribution < 1.29 is 19.0 Å². The molecule has 2 heterocycles. The first-order valence-electron chi connectivity index (χ1n) is 12.7. The number of nitrogens with zero attached hydrogens (tertiary/aromatic N) is 2. The first-order chi connectivity index (χ1) is 18.4.